The van der Waals surface area contributed by atoms with E-state index in [1.54, 1.807) is 30.3 Å². The lowest BCUT2D eigenvalue weighted by atomic mass is 10.1. The second-order valence-electron chi connectivity index (χ2n) is 10.4. The third kappa shape index (κ3) is 11.3. The molecule has 3 aromatic carbocycles. The van der Waals surface area contributed by atoms with Crippen LogP contribution < -0.4 is 20.1 Å². The van der Waals surface area contributed by atoms with E-state index in [0.717, 1.165) is 31.2 Å². The highest BCUT2D eigenvalue weighted by Crippen LogP contribution is 2.26. The molecule has 0 aliphatic carbocycles. The van der Waals surface area contributed by atoms with Gasteiger partial charge in [-0.1, -0.05) is 50.1 Å². The number of benzene rings is 3. The summed E-state index contributed by atoms with van der Waals surface area (Å²) in [5.41, 5.74) is 3.02. The fourth-order valence-corrected chi connectivity index (χ4v) is 4.50. The van der Waals surface area contributed by atoms with Crippen LogP contribution in [0.2, 0.25) is 0 Å². The normalized spacial score (nSPS) is 11.6. The highest BCUT2D eigenvalue weighted by molar-refractivity contribution is 5.98. The highest BCUT2D eigenvalue weighted by atomic mass is 16.5. The van der Waals surface area contributed by atoms with E-state index in [-0.39, 0.29) is 30.6 Å². The molecule has 10 nitrogen and oxygen atoms in total. The first kappa shape index (κ1) is 34.5. The standard InChI is InChI=1S/C34H44N2O8/c1-3-4-5-16-36-34(41)30-8-6-7-27(33(30)44-24(2)38)23-42-18-19-43-29-12-9-25(10-13-29)15-17-35-21-32(40)26-11-14-31(39)28(20-26)22-37/h6-14,20,32,35,37,39-40H,3-5,15-19,21-23H2,1-2H3,(H,36,41)/t32-/m0/s1. The molecule has 0 unspecified atom stereocenters. The smallest absolute Gasteiger partial charge is 0.308 e. The summed E-state index contributed by atoms with van der Waals surface area (Å²) in [5.74, 6) is 0.127. The van der Waals surface area contributed by atoms with Gasteiger partial charge >= 0.3 is 5.97 Å². The molecular weight excluding hydrogens is 564 g/mol. The Morgan fingerprint density at radius 1 is 0.955 bits per heavy atom. The maximum atomic E-state index is 12.7. The van der Waals surface area contributed by atoms with Crippen molar-refractivity contribution >= 4 is 11.9 Å². The van der Waals surface area contributed by atoms with Gasteiger partial charge in [-0.05, 0) is 60.8 Å². The molecule has 0 saturated carbocycles. The quantitative estimate of drug-likeness (QED) is 0.0768. The average molecular weight is 609 g/mol. The van der Waals surface area contributed by atoms with Crippen molar-refractivity contribution in [2.24, 2.45) is 0 Å². The van der Waals surface area contributed by atoms with Gasteiger partial charge in [-0.2, -0.15) is 0 Å². The number of carbonyl (C=O) groups is 2. The number of aromatic hydroxyl groups is 1. The summed E-state index contributed by atoms with van der Waals surface area (Å²) in [6.07, 6.45) is 2.97. The number of nitrogens with one attached hydrogen (secondary N) is 2. The summed E-state index contributed by atoms with van der Waals surface area (Å²) in [6.45, 7) is 5.42. The number of hydrogen-bond acceptors (Lipinski definition) is 9. The Labute approximate surface area is 259 Å². The van der Waals surface area contributed by atoms with Crippen LogP contribution in [0.25, 0.3) is 0 Å². The number of amides is 1. The number of esters is 1. The zero-order chi connectivity index (χ0) is 31.7. The van der Waals surface area contributed by atoms with Crippen LogP contribution in [0, 0.1) is 0 Å². The third-order valence-electron chi connectivity index (χ3n) is 6.92. The lowest BCUT2D eigenvalue weighted by Gasteiger charge is -2.15. The predicted octanol–water partition coefficient (Wildman–Crippen LogP) is 4.19. The summed E-state index contributed by atoms with van der Waals surface area (Å²) in [6, 6.07) is 17.6. The number of aliphatic hydroxyl groups excluding tert-OH is 2. The van der Waals surface area contributed by atoms with Crippen LogP contribution in [0.3, 0.4) is 0 Å². The minimum absolute atomic E-state index is 0.00673. The highest BCUT2D eigenvalue weighted by Gasteiger charge is 2.18. The van der Waals surface area contributed by atoms with Crippen molar-refractivity contribution in [2.75, 3.05) is 32.8 Å². The van der Waals surface area contributed by atoms with E-state index in [1.165, 1.54) is 13.0 Å². The number of hydrogen-bond donors (Lipinski definition) is 5. The topological polar surface area (TPSA) is 147 Å². The van der Waals surface area contributed by atoms with Crippen LogP contribution in [0.15, 0.2) is 60.7 Å². The average Bonchev–Trinajstić information content (AvgIpc) is 3.02. The molecule has 3 rings (SSSR count). The van der Waals surface area contributed by atoms with E-state index in [0.29, 0.717) is 60.9 Å². The van der Waals surface area contributed by atoms with Gasteiger partial charge in [-0.15, -0.1) is 0 Å². The van der Waals surface area contributed by atoms with E-state index in [1.807, 2.05) is 24.3 Å². The van der Waals surface area contributed by atoms with Gasteiger partial charge in [-0.25, -0.2) is 0 Å². The van der Waals surface area contributed by atoms with Gasteiger partial charge in [0.2, 0.25) is 0 Å². The Kier molecular flexibility index (Phi) is 14.6. The molecule has 44 heavy (non-hydrogen) atoms. The Bertz CT molecular complexity index is 1330. The molecular formula is C34H44N2O8. The molecule has 0 bridgehead atoms. The molecule has 0 radical (unpaired) electrons. The van der Waals surface area contributed by atoms with Crippen molar-refractivity contribution in [3.05, 3.63) is 88.5 Å². The maximum Gasteiger partial charge on any atom is 0.308 e. The number of carbonyl (C=O) groups excluding carboxylic acids is 2. The van der Waals surface area contributed by atoms with Crippen molar-refractivity contribution in [3.63, 3.8) is 0 Å². The van der Waals surface area contributed by atoms with E-state index < -0.39 is 12.1 Å². The van der Waals surface area contributed by atoms with E-state index in [2.05, 4.69) is 17.6 Å². The molecule has 1 amide bonds. The molecule has 0 spiro atoms. The van der Waals surface area contributed by atoms with Crippen molar-refractivity contribution in [3.8, 4) is 17.2 Å². The number of para-hydroxylation sites is 1. The van der Waals surface area contributed by atoms with Gasteiger partial charge in [0.15, 0.2) is 0 Å². The van der Waals surface area contributed by atoms with Crippen LogP contribution >= 0.6 is 0 Å². The summed E-state index contributed by atoms with van der Waals surface area (Å²) < 4.78 is 17.0. The molecule has 1 atom stereocenters. The molecule has 10 heteroatoms. The van der Waals surface area contributed by atoms with Crippen LogP contribution in [-0.2, 0) is 29.2 Å². The first-order valence-corrected chi connectivity index (χ1v) is 15.0. The summed E-state index contributed by atoms with van der Waals surface area (Å²) in [4.78, 5) is 24.4. The number of phenols is 1. The molecule has 0 aliphatic rings. The number of rotatable bonds is 19. The predicted molar refractivity (Wildman–Crippen MR) is 167 cm³/mol. The third-order valence-corrected chi connectivity index (χ3v) is 6.92. The molecule has 0 saturated heterocycles. The van der Waals surface area contributed by atoms with Crippen LogP contribution in [0.5, 0.6) is 17.2 Å². The zero-order valence-electron chi connectivity index (χ0n) is 25.5. The van der Waals surface area contributed by atoms with Gasteiger partial charge in [-0.3, -0.25) is 9.59 Å². The van der Waals surface area contributed by atoms with E-state index >= 15 is 0 Å². The molecule has 238 valence electrons. The first-order valence-electron chi connectivity index (χ1n) is 15.0. The number of ether oxygens (including phenoxy) is 3. The lowest BCUT2D eigenvalue weighted by molar-refractivity contribution is -0.132. The van der Waals surface area contributed by atoms with Gasteiger partial charge in [0.1, 0.15) is 23.9 Å². The summed E-state index contributed by atoms with van der Waals surface area (Å²) in [7, 11) is 0. The lowest BCUT2D eigenvalue weighted by Crippen LogP contribution is -2.25. The molecule has 0 aromatic heterocycles. The molecule has 5 N–H and O–H groups in total. The molecule has 0 aliphatic heterocycles. The van der Waals surface area contributed by atoms with Gasteiger partial charge in [0.05, 0.1) is 31.5 Å². The molecule has 0 fully saturated rings. The summed E-state index contributed by atoms with van der Waals surface area (Å²) >= 11 is 0. The second kappa shape index (κ2) is 18.6. The Morgan fingerprint density at radius 3 is 2.48 bits per heavy atom. The van der Waals surface area contributed by atoms with E-state index in [4.69, 9.17) is 14.2 Å². The molecule has 0 heterocycles. The monoisotopic (exact) mass is 608 g/mol. The van der Waals surface area contributed by atoms with Crippen molar-refractivity contribution in [2.45, 2.75) is 58.8 Å². The Balaban J connectivity index is 1.39. The van der Waals surface area contributed by atoms with Crippen LogP contribution in [-0.4, -0.2) is 60.0 Å². The Hall–Kier alpha value is -3.96. The van der Waals surface area contributed by atoms with Crippen molar-refractivity contribution in [1.82, 2.24) is 10.6 Å². The fraction of sp³-hybridized carbons (Fsp3) is 0.412. The van der Waals surface area contributed by atoms with Crippen LogP contribution in [0.1, 0.15) is 71.8 Å². The van der Waals surface area contributed by atoms with E-state index in [9.17, 15) is 24.9 Å². The SMILES string of the molecule is CCCCCNC(=O)c1cccc(COCCOc2ccc(CCNC[C@H](O)c3ccc(O)c(CO)c3)cc2)c1OC(C)=O. The minimum atomic E-state index is -0.754. The van der Waals surface area contributed by atoms with Crippen molar-refractivity contribution < 1.29 is 39.1 Å². The van der Waals surface area contributed by atoms with Gasteiger partial charge in [0, 0.05) is 31.1 Å². The van der Waals surface area contributed by atoms with Crippen LogP contribution in [0.4, 0.5) is 0 Å². The largest absolute Gasteiger partial charge is 0.508 e. The fourth-order valence-electron chi connectivity index (χ4n) is 4.50. The second-order valence-corrected chi connectivity index (χ2v) is 10.4. The Morgan fingerprint density at radius 2 is 1.75 bits per heavy atom. The molecule has 3 aromatic rings. The minimum Gasteiger partial charge on any atom is -0.508 e. The first-order chi connectivity index (χ1) is 21.3. The zero-order valence-corrected chi connectivity index (χ0v) is 25.5. The maximum absolute atomic E-state index is 12.7. The summed E-state index contributed by atoms with van der Waals surface area (Å²) in [5, 5.41) is 35.5. The number of aliphatic hydroxyl groups is 2. The number of unbranched alkanes of at least 4 members (excludes halogenated alkanes) is 2. The van der Waals surface area contributed by atoms with Crippen molar-refractivity contribution in [1.29, 1.82) is 0 Å². The van der Waals surface area contributed by atoms with Gasteiger partial charge in [0.25, 0.3) is 5.91 Å². The van der Waals surface area contributed by atoms with Gasteiger partial charge < -0.3 is 40.2 Å².